The van der Waals surface area contributed by atoms with Gasteiger partial charge in [0, 0.05) is 46.0 Å². The maximum atomic E-state index is 14.7. The molecule has 0 fully saturated rings. The highest BCUT2D eigenvalue weighted by Gasteiger charge is 2.39. The normalized spacial score (nSPS) is 12.0. The molecule has 0 radical (unpaired) electrons. The van der Waals surface area contributed by atoms with E-state index in [1.54, 1.807) is 132 Å². The molecule has 0 aliphatic heterocycles. The SMILES string of the molecule is CCOC(=O)C(C(N)=O)c1cn(-c2ccccc2)c(SSc2c(C(=O)c3ccccc3)c(C(C(N)=O)C(=O)OCC)cn2-c2ccccc2)c1C(=O)c1ccccc1. The number of hydrogen-bond donors (Lipinski definition) is 2. The Balaban J connectivity index is 1.65. The fraction of sp³-hybridized carbons (Fsp3) is 0.136. The first kappa shape index (κ1) is 41.0. The van der Waals surface area contributed by atoms with Crippen molar-refractivity contribution in [2.24, 2.45) is 11.5 Å². The molecule has 0 aliphatic rings. The van der Waals surface area contributed by atoms with E-state index in [0.29, 0.717) is 11.4 Å². The minimum Gasteiger partial charge on any atom is -0.465 e. The van der Waals surface area contributed by atoms with E-state index in [9.17, 15) is 28.8 Å². The third-order valence-corrected chi connectivity index (χ3v) is 11.4. The summed E-state index contributed by atoms with van der Waals surface area (Å²) in [4.78, 5) is 82.5. The van der Waals surface area contributed by atoms with Crippen molar-refractivity contribution in [2.45, 2.75) is 35.7 Å². The number of carbonyl (C=O) groups is 6. The van der Waals surface area contributed by atoms with E-state index < -0.39 is 47.2 Å². The summed E-state index contributed by atoms with van der Waals surface area (Å²) in [6.07, 6.45) is 3.03. The number of nitrogens with zero attached hydrogens (tertiary/aromatic N) is 2. The Morgan fingerprint density at radius 1 is 0.517 bits per heavy atom. The fourth-order valence-corrected chi connectivity index (χ4v) is 9.10. The van der Waals surface area contributed by atoms with Crippen molar-refractivity contribution in [3.8, 4) is 11.4 Å². The molecule has 2 heterocycles. The lowest BCUT2D eigenvalue weighted by Gasteiger charge is -2.15. The predicted molar refractivity (Wildman–Crippen MR) is 220 cm³/mol. The summed E-state index contributed by atoms with van der Waals surface area (Å²) in [6.45, 7) is 3.09. The van der Waals surface area contributed by atoms with Crippen LogP contribution in [-0.4, -0.2) is 57.7 Å². The number of para-hydroxylation sites is 2. The van der Waals surface area contributed by atoms with Crippen molar-refractivity contribution in [3.63, 3.8) is 0 Å². The number of amides is 2. The Morgan fingerprint density at radius 3 is 1.12 bits per heavy atom. The first-order valence-electron chi connectivity index (χ1n) is 18.1. The van der Waals surface area contributed by atoms with E-state index >= 15 is 0 Å². The molecular weight excluding hydrogens is 777 g/mol. The molecule has 294 valence electrons. The molecule has 6 aromatic rings. The number of aromatic nitrogens is 2. The average Bonchev–Trinajstić information content (AvgIpc) is 3.79. The highest BCUT2D eigenvalue weighted by atomic mass is 33.1. The van der Waals surface area contributed by atoms with Gasteiger partial charge in [-0.05, 0) is 59.7 Å². The van der Waals surface area contributed by atoms with Crippen LogP contribution in [0.3, 0.4) is 0 Å². The number of ether oxygens (including phenoxy) is 2. The molecule has 0 saturated carbocycles. The number of benzene rings is 4. The summed E-state index contributed by atoms with van der Waals surface area (Å²) >= 11 is 0. The van der Waals surface area contributed by atoms with Gasteiger partial charge in [-0.25, -0.2) is 0 Å². The van der Waals surface area contributed by atoms with Crippen LogP contribution in [0.15, 0.2) is 144 Å². The van der Waals surface area contributed by atoms with Gasteiger partial charge in [-0.3, -0.25) is 28.8 Å². The van der Waals surface area contributed by atoms with Crippen LogP contribution in [0, 0.1) is 0 Å². The molecule has 12 nitrogen and oxygen atoms in total. The van der Waals surface area contributed by atoms with Gasteiger partial charge in [0.15, 0.2) is 23.4 Å². The van der Waals surface area contributed by atoms with Crippen molar-refractivity contribution in [1.82, 2.24) is 9.13 Å². The molecule has 4 aromatic carbocycles. The lowest BCUT2D eigenvalue weighted by atomic mass is 9.93. The molecule has 6 rings (SSSR count). The second kappa shape index (κ2) is 18.5. The Labute approximate surface area is 341 Å². The summed E-state index contributed by atoms with van der Waals surface area (Å²) in [6, 6.07) is 34.6. The van der Waals surface area contributed by atoms with Crippen LogP contribution in [0.2, 0.25) is 0 Å². The maximum Gasteiger partial charge on any atom is 0.323 e. The van der Waals surface area contributed by atoms with E-state index in [4.69, 9.17) is 20.9 Å². The van der Waals surface area contributed by atoms with Crippen molar-refractivity contribution < 1.29 is 38.2 Å². The van der Waals surface area contributed by atoms with Gasteiger partial charge in [-0.2, -0.15) is 0 Å². The van der Waals surface area contributed by atoms with Gasteiger partial charge in [0.25, 0.3) is 0 Å². The number of rotatable bonds is 17. The number of primary amides is 2. The van der Waals surface area contributed by atoms with Crippen LogP contribution in [0.4, 0.5) is 0 Å². The molecule has 0 spiro atoms. The van der Waals surface area contributed by atoms with Gasteiger partial charge in [-0.15, -0.1) is 0 Å². The van der Waals surface area contributed by atoms with Crippen molar-refractivity contribution >= 4 is 56.9 Å². The van der Waals surface area contributed by atoms with Crippen LogP contribution < -0.4 is 11.5 Å². The highest BCUT2D eigenvalue weighted by Crippen LogP contribution is 2.48. The minimum absolute atomic E-state index is 0.0000752. The van der Waals surface area contributed by atoms with Gasteiger partial charge in [-0.1, -0.05) is 97.1 Å². The van der Waals surface area contributed by atoms with Gasteiger partial charge in [0.05, 0.1) is 24.3 Å². The summed E-state index contributed by atoms with van der Waals surface area (Å²) in [7, 11) is 2.11. The van der Waals surface area contributed by atoms with Crippen LogP contribution >= 0.6 is 21.6 Å². The van der Waals surface area contributed by atoms with Gasteiger partial charge >= 0.3 is 11.9 Å². The number of nitrogens with two attached hydrogens (primary N) is 2. The van der Waals surface area contributed by atoms with E-state index in [2.05, 4.69) is 0 Å². The maximum absolute atomic E-state index is 14.7. The molecular formula is C44H38N4O8S2. The van der Waals surface area contributed by atoms with Crippen LogP contribution in [0.25, 0.3) is 11.4 Å². The summed E-state index contributed by atoms with van der Waals surface area (Å²) < 4.78 is 13.9. The zero-order valence-electron chi connectivity index (χ0n) is 31.4. The average molecular weight is 815 g/mol. The summed E-state index contributed by atoms with van der Waals surface area (Å²) in [5.74, 6) is -8.25. The fourth-order valence-electron chi connectivity index (χ4n) is 6.42. The van der Waals surface area contributed by atoms with Gasteiger partial charge in [0.1, 0.15) is 10.1 Å². The monoisotopic (exact) mass is 814 g/mol. The summed E-state index contributed by atoms with van der Waals surface area (Å²) in [5.41, 5.74) is 13.5. The van der Waals surface area contributed by atoms with Crippen molar-refractivity contribution in [3.05, 3.63) is 167 Å². The minimum atomic E-state index is -1.66. The second-order valence-electron chi connectivity index (χ2n) is 12.7. The van der Waals surface area contributed by atoms with Crippen LogP contribution in [0.1, 0.15) is 68.7 Å². The van der Waals surface area contributed by atoms with E-state index in [-0.39, 0.29) is 56.6 Å². The molecule has 0 aliphatic carbocycles. The molecule has 2 amide bonds. The molecule has 2 aromatic heterocycles. The highest BCUT2D eigenvalue weighted by molar-refractivity contribution is 8.76. The summed E-state index contributed by atoms with van der Waals surface area (Å²) in [5, 5.41) is 0.542. The third kappa shape index (κ3) is 8.53. The molecule has 2 unspecified atom stereocenters. The topological polar surface area (TPSA) is 183 Å². The van der Waals surface area contributed by atoms with Crippen LogP contribution in [-0.2, 0) is 28.7 Å². The molecule has 58 heavy (non-hydrogen) atoms. The van der Waals surface area contributed by atoms with Crippen LogP contribution in [0.5, 0.6) is 0 Å². The number of carbonyl (C=O) groups excluding carboxylic acids is 6. The lowest BCUT2D eigenvalue weighted by Crippen LogP contribution is -2.30. The van der Waals surface area contributed by atoms with Gasteiger partial charge < -0.3 is 30.1 Å². The third-order valence-electron chi connectivity index (χ3n) is 9.01. The first-order chi connectivity index (χ1) is 28.1. The number of ketones is 2. The Hall–Kier alpha value is -6.64. The second-order valence-corrected chi connectivity index (χ2v) is 14.8. The number of hydrogen-bond acceptors (Lipinski definition) is 10. The molecule has 4 N–H and O–H groups in total. The quantitative estimate of drug-likeness (QED) is 0.0430. The van der Waals surface area contributed by atoms with E-state index in [0.717, 1.165) is 21.6 Å². The zero-order valence-corrected chi connectivity index (χ0v) is 33.0. The van der Waals surface area contributed by atoms with Gasteiger partial charge in [0.2, 0.25) is 11.8 Å². The number of esters is 2. The largest absolute Gasteiger partial charge is 0.465 e. The van der Waals surface area contributed by atoms with E-state index in [1.165, 1.54) is 12.4 Å². The molecule has 2 atom stereocenters. The predicted octanol–water partition coefficient (Wildman–Crippen LogP) is 6.79. The van der Waals surface area contributed by atoms with E-state index in [1.807, 2.05) is 12.1 Å². The smallest absolute Gasteiger partial charge is 0.323 e. The standard InChI is InChI=1S/C44H38N4O8S2/c1-3-55-43(53)35(39(45)51)31-25-47(29-21-13-7-14-22-29)41(33(31)37(49)27-17-9-5-10-18-27)57-58-42-34(38(50)28-19-11-6-12-20-28)32(36(40(46)52)44(54)56-4-2)26-48(42)30-23-15-8-16-24-30/h5-26,35-36H,3-4H2,1-2H3,(H2,45,51)(H2,46,52). The van der Waals surface area contributed by atoms with Crippen molar-refractivity contribution in [2.75, 3.05) is 13.2 Å². The first-order valence-corrected chi connectivity index (χ1v) is 20.3. The Bertz CT molecular complexity index is 2300. The molecule has 0 bridgehead atoms. The Morgan fingerprint density at radius 2 is 0.828 bits per heavy atom. The van der Waals surface area contributed by atoms with Crippen molar-refractivity contribution in [1.29, 1.82) is 0 Å². The lowest BCUT2D eigenvalue weighted by molar-refractivity contribution is -0.149. The molecule has 14 heteroatoms. The molecule has 0 saturated heterocycles. The zero-order chi connectivity index (χ0) is 41.3. The Kier molecular flexibility index (Phi) is 13.1.